The highest BCUT2D eigenvalue weighted by molar-refractivity contribution is 5.88. The Hall–Kier alpha value is -2.89. The second-order valence-electron chi connectivity index (χ2n) is 4.91. The fourth-order valence-electron chi connectivity index (χ4n) is 1.79. The molecule has 24 heavy (non-hydrogen) atoms. The van der Waals surface area contributed by atoms with E-state index in [1.165, 1.54) is 13.0 Å². The first-order chi connectivity index (χ1) is 11.3. The highest BCUT2D eigenvalue weighted by atomic mass is 19.2. The molecule has 0 saturated carbocycles. The largest absolute Gasteiger partial charge is 0.417 e. The normalized spacial score (nSPS) is 10.9. The maximum absolute atomic E-state index is 14.0. The maximum Gasteiger partial charge on any atom is 0.338 e. The number of benzene rings is 2. The molecule has 0 aliphatic heterocycles. The number of ether oxygens (including phenoxy) is 1. The molecule has 0 saturated heterocycles. The number of esters is 1. The van der Waals surface area contributed by atoms with E-state index in [0.29, 0.717) is 5.56 Å². The van der Waals surface area contributed by atoms with Gasteiger partial charge in [-0.25, -0.2) is 13.6 Å². The van der Waals surface area contributed by atoms with E-state index in [4.69, 9.17) is 0 Å². The van der Waals surface area contributed by atoms with Gasteiger partial charge in [0, 0.05) is 5.57 Å². The van der Waals surface area contributed by atoms with Gasteiger partial charge in [-0.3, -0.25) is 0 Å². The Labute approximate surface area is 135 Å². The summed E-state index contributed by atoms with van der Waals surface area (Å²) in [5.41, 5.74) is -0.512. The molecule has 0 N–H and O–H groups in total. The van der Waals surface area contributed by atoms with Crippen LogP contribution in [-0.2, 0) is 4.79 Å². The minimum Gasteiger partial charge on any atom is -0.417 e. The lowest BCUT2D eigenvalue weighted by Crippen LogP contribution is -2.13. The van der Waals surface area contributed by atoms with E-state index in [9.17, 15) is 22.4 Å². The summed E-state index contributed by atoms with van der Waals surface area (Å²) in [7, 11) is 0. The van der Waals surface area contributed by atoms with Crippen molar-refractivity contribution in [3.05, 3.63) is 76.9 Å². The Morgan fingerprint density at radius 2 is 1.50 bits per heavy atom. The van der Waals surface area contributed by atoms with Crippen molar-refractivity contribution < 1.29 is 27.1 Å². The van der Waals surface area contributed by atoms with Crippen molar-refractivity contribution in [2.24, 2.45) is 0 Å². The smallest absolute Gasteiger partial charge is 0.338 e. The third kappa shape index (κ3) is 3.53. The first-order valence-electron chi connectivity index (χ1n) is 6.79. The van der Waals surface area contributed by atoms with E-state index in [2.05, 4.69) is 11.3 Å². The van der Waals surface area contributed by atoms with Crippen LogP contribution in [0.4, 0.5) is 17.6 Å². The Morgan fingerprint density at radius 3 is 2.00 bits per heavy atom. The van der Waals surface area contributed by atoms with Crippen LogP contribution < -0.4 is 4.74 Å². The van der Waals surface area contributed by atoms with Crippen LogP contribution in [0.1, 0.15) is 18.1 Å². The summed E-state index contributed by atoms with van der Waals surface area (Å²) in [6, 6.07) is 8.40. The molecule has 2 aromatic carbocycles. The molecule has 2 rings (SSSR count). The van der Waals surface area contributed by atoms with Crippen molar-refractivity contribution in [1.82, 2.24) is 0 Å². The van der Waals surface area contributed by atoms with Crippen LogP contribution in [0.3, 0.4) is 0 Å². The van der Waals surface area contributed by atoms with Gasteiger partial charge in [0.1, 0.15) is 0 Å². The standard InChI is InChI=1S/C18H12F4O2/c1-10(2)18(23)24-17-15(21)13(19)12(14(20)16(17)22)9-8-11-6-4-3-5-7-11/h3-9H,1H2,2H3. The van der Waals surface area contributed by atoms with Gasteiger partial charge in [-0.05, 0) is 18.6 Å². The average Bonchev–Trinajstić information content (AvgIpc) is 2.57. The van der Waals surface area contributed by atoms with Gasteiger partial charge >= 0.3 is 5.97 Å². The van der Waals surface area contributed by atoms with Crippen molar-refractivity contribution in [1.29, 1.82) is 0 Å². The summed E-state index contributed by atoms with van der Waals surface area (Å²) >= 11 is 0. The van der Waals surface area contributed by atoms with Crippen LogP contribution in [0.5, 0.6) is 5.75 Å². The Morgan fingerprint density at radius 1 is 0.958 bits per heavy atom. The third-order valence-electron chi connectivity index (χ3n) is 3.04. The lowest BCUT2D eigenvalue weighted by atomic mass is 10.1. The van der Waals surface area contributed by atoms with Crippen LogP contribution >= 0.6 is 0 Å². The molecule has 0 fully saturated rings. The zero-order valence-corrected chi connectivity index (χ0v) is 12.6. The molecular formula is C18H12F4O2. The molecule has 0 amide bonds. The summed E-state index contributed by atoms with van der Waals surface area (Å²) in [5, 5.41) is 0. The molecule has 0 unspecified atom stereocenters. The van der Waals surface area contributed by atoms with E-state index in [1.807, 2.05) is 0 Å². The second kappa shape index (κ2) is 7.12. The van der Waals surface area contributed by atoms with E-state index >= 15 is 0 Å². The summed E-state index contributed by atoms with van der Waals surface area (Å²) in [6.45, 7) is 4.44. The van der Waals surface area contributed by atoms with E-state index in [0.717, 1.165) is 6.08 Å². The van der Waals surface area contributed by atoms with Gasteiger partial charge in [0.15, 0.2) is 11.6 Å². The van der Waals surface area contributed by atoms with Gasteiger partial charge in [0.05, 0.1) is 5.56 Å². The van der Waals surface area contributed by atoms with Gasteiger partial charge in [0.25, 0.3) is 0 Å². The molecule has 0 radical (unpaired) electrons. The summed E-state index contributed by atoms with van der Waals surface area (Å²) in [4.78, 5) is 11.3. The molecular weight excluding hydrogens is 324 g/mol. The number of rotatable bonds is 4. The highest BCUT2D eigenvalue weighted by Crippen LogP contribution is 2.31. The topological polar surface area (TPSA) is 26.3 Å². The van der Waals surface area contributed by atoms with Crippen molar-refractivity contribution in [3.63, 3.8) is 0 Å². The van der Waals surface area contributed by atoms with Gasteiger partial charge < -0.3 is 4.74 Å². The molecule has 124 valence electrons. The predicted molar refractivity (Wildman–Crippen MR) is 82.1 cm³/mol. The SMILES string of the molecule is C=C(C)C(=O)Oc1c(F)c(F)c(C=Cc2ccccc2)c(F)c1F. The number of carbonyl (C=O) groups is 1. The molecule has 2 aromatic rings. The summed E-state index contributed by atoms with van der Waals surface area (Å²) in [5.74, 6) is -9.54. The highest BCUT2D eigenvalue weighted by Gasteiger charge is 2.27. The van der Waals surface area contributed by atoms with Crippen molar-refractivity contribution in [3.8, 4) is 5.75 Å². The summed E-state index contributed by atoms with van der Waals surface area (Å²) < 4.78 is 60.2. The maximum atomic E-state index is 14.0. The van der Waals surface area contributed by atoms with E-state index in [-0.39, 0.29) is 5.57 Å². The molecule has 0 heterocycles. The molecule has 0 spiro atoms. The van der Waals surface area contributed by atoms with Crippen molar-refractivity contribution in [2.75, 3.05) is 0 Å². The zero-order chi connectivity index (χ0) is 17.9. The summed E-state index contributed by atoms with van der Waals surface area (Å²) in [6.07, 6.45) is 2.19. The average molecular weight is 336 g/mol. The molecule has 0 bridgehead atoms. The van der Waals surface area contributed by atoms with Crippen molar-refractivity contribution in [2.45, 2.75) is 6.92 Å². The van der Waals surface area contributed by atoms with Crippen LogP contribution in [0.2, 0.25) is 0 Å². The number of carbonyl (C=O) groups excluding carboxylic acids is 1. The Kier molecular flexibility index (Phi) is 5.18. The zero-order valence-electron chi connectivity index (χ0n) is 12.6. The molecule has 0 aliphatic carbocycles. The van der Waals surface area contributed by atoms with Gasteiger partial charge in [-0.2, -0.15) is 8.78 Å². The van der Waals surface area contributed by atoms with Crippen LogP contribution in [0.15, 0.2) is 42.5 Å². The second-order valence-corrected chi connectivity index (χ2v) is 4.91. The quantitative estimate of drug-likeness (QED) is 0.198. The van der Waals surface area contributed by atoms with E-state index in [1.54, 1.807) is 30.3 Å². The number of hydrogen-bond donors (Lipinski definition) is 0. The first-order valence-corrected chi connectivity index (χ1v) is 6.79. The lowest BCUT2D eigenvalue weighted by Gasteiger charge is -2.10. The van der Waals surface area contributed by atoms with Gasteiger partial charge in [-0.1, -0.05) is 43.0 Å². The molecule has 0 aliphatic rings. The monoisotopic (exact) mass is 336 g/mol. The van der Waals surface area contributed by atoms with Crippen LogP contribution in [-0.4, -0.2) is 5.97 Å². The van der Waals surface area contributed by atoms with Crippen LogP contribution in [0.25, 0.3) is 12.2 Å². The molecule has 0 atom stereocenters. The fraction of sp³-hybridized carbons (Fsp3) is 0.0556. The lowest BCUT2D eigenvalue weighted by molar-refractivity contribution is -0.130. The predicted octanol–water partition coefficient (Wildman–Crippen LogP) is 4.89. The van der Waals surface area contributed by atoms with Crippen LogP contribution in [0, 0.1) is 23.3 Å². The number of hydrogen-bond acceptors (Lipinski definition) is 2. The van der Waals surface area contributed by atoms with Gasteiger partial charge in [0.2, 0.25) is 17.4 Å². The Bertz CT molecular complexity index is 798. The minimum absolute atomic E-state index is 0.178. The third-order valence-corrected chi connectivity index (χ3v) is 3.04. The van der Waals surface area contributed by atoms with Gasteiger partial charge in [-0.15, -0.1) is 0 Å². The number of halogens is 4. The van der Waals surface area contributed by atoms with Crippen molar-refractivity contribution >= 4 is 18.1 Å². The minimum atomic E-state index is -1.80. The Balaban J connectivity index is 2.47. The molecule has 0 aromatic heterocycles. The first kappa shape index (κ1) is 17.5. The molecule has 2 nitrogen and oxygen atoms in total. The molecule has 6 heteroatoms. The van der Waals surface area contributed by atoms with E-state index < -0.39 is 40.6 Å². The fourth-order valence-corrected chi connectivity index (χ4v) is 1.79.